The van der Waals surface area contributed by atoms with E-state index < -0.39 is 23.5 Å². The highest BCUT2D eigenvalue weighted by Gasteiger charge is 2.72. The van der Waals surface area contributed by atoms with Crippen molar-refractivity contribution in [1.82, 2.24) is 0 Å². The minimum Gasteiger partial charge on any atom is -0.294 e. The first-order chi connectivity index (χ1) is 9.91. The highest BCUT2D eigenvalue weighted by molar-refractivity contribution is 6.01. The van der Waals surface area contributed by atoms with Crippen LogP contribution in [-0.2, 0) is 0 Å². The fourth-order valence-electron chi connectivity index (χ4n) is 3.04. The first-order valence-electron chi connectivity index (χ1n) is 6.96. The number of rotatable bonds is 3. The Hall–Kier alpha value is -2.03. The molecular weight excluding hydrogens is 270 g/mol. The second-order valence-corrected chi connectivity index (χ2v) is 5.78. The van der Waals surface area contributed by atoms with Crippen LogP contribution in [0.4, 0.5) is 8.78 Å². The summed E-state index contributed by atoms with van der Waals surface area (Å²) in [6.07, 6.45) is 0. The van der Waals surface area contributed by atoms with Crippen molar-refractivity contribution in [2.45, 2.75) is 25.7 Å². The lowest BCUT2D eigenvalue weighted by atomic mass is 10.00. The predicted octanol–water partition coefficient (Wildman–Crippen LogP) is 4.54. The Bertz CT molecular complexity index is 671. The summed E-state index contributed by atoms with van der Waals surface area (Å²) in [5.74, 6) is -5.65. The number of carbonyl (C=O) groups excluding carboxylic acids is 1. The normalized spacial score (nSPS) is 22.9. The van der Waals surface area contributed by atoms with Crippen molar-refractivity contribution in [1.29, 1.82) is 0 Å². The van der Waals surface area contributed by atoms with Crippen LogP contribution in [0.15, 0.2) is 48.5 Å². The Balaban J connectivity index is 1.93. The van der Waals surface area contributed by atoms with Gasteiger partial charge in [-0.05, 0) is 19.4 Å². The Morgan fingerprint density at radius 3 is 2.14 bits per heavy atom. The second-order valence-electron chi connectivity index (χ2n) is 5.78. The van der Waals surface area contributed by atoms with Gasteiger partial charge in [0.15, 0.2) is 5.78 Å². The largest absolute Gasteiger partial charge is 0.294 e. The summed E-state index contributed by atoms with van der Waals surface area (Å²) in [4.78, 5) is 12.3. The van der Waals surface area contributed by atoms with Gasteiger partial charge in [0.1, 0.15) is 0 Å². The first-order valence-corrected chi connectivity index (χ1v) is 6.96. The lowest BCUT2D eigenvalue weighted by Crippen LogP contribution is -2.07. The van der Waals surface area contributed by atoms with E-state index >= 15 is 0 Å². The molecule has 1 aliphatic carbocycles. The van der Waals surface area contributed by atoms with E-state index in [1.165, 1.54) is 0 Å². The third-order valence-electron chi connectivity index (χ3n) is 4.00. The number of halogens is 2. The summed E-state index contributed by atoms with van der Waals surface area (Å²) in [6.45, 7) is 3.76. The van der Waals surface area contributed by atoms with Crippen molar-refractivity contribution in [3.63, 3.8) is 0 Å². The second kappa shape index (κ2) is 4.76. The molecule has 0 amide bonds. The number of alkyl halides is 2. The molecule has 2 unspecified atom stereocenters. The lowest BCUT2D eigenvalue weighted by Gasteiger charge is -2.03. The van der Waals surface area contributed by atoms with Crippen molar-refractivity contribution in [2.75, 3.05) is 0 Å². The topological polar surface area (TPSA) is 17.1 Å². The van der Waals surface area contributed by atoms with E-state index in [1.807, 2.05) is 19.9 Å². The van der Waals surface area contributed by atoms with Crippen LogP contribution in [0.5, 0.6) is 0 Å². The molecule has 0 aromatic heterocycles. The van der Waals surface area contributed by atoms with Gasteiger partial charge in [0.25, 0.3) is 5.92 Å². The molecule has 1 nitrogen and oxygen atoms in total. The van der Waals surface area contributed by atoms with Gasteiger partial charge in [-0.3, -0.25) is 4.79 Å². The van der Waals surface area contributed by atoms with Gasteiger partial charge in [-0.2, -0.15) is 0 Å². The van der Waals surface area contributed by atoms with Gasteiger partial charge >= 0.3 is 0 Å². The third kappa shape index (κ3) is 2.37. The molecule has 0 saturated heterocycles. The minimum atomic E-state index is -2.95. The molecule has 0 aliphatic heterocycles. The van der Waals surface area contributed by atoms with Crippen LogP contribution in [-0.4, -0.2) is 11.7 Å². The summed E-state index contributed by atoms with van der Waals surface area (Å²) >= 11 is 0. The number of hydrogen-bond donors (Lipinski definition) is 0. The molecule has 1 saturated carbocycles. The van der Waals surface area contributed by atoms with Crippen molar-refractivity contribution in [3.05, 3.63) is 70.8 Å². The standard InChI is InChI=1S/C18H16F2O/c1-11-8-12(2)10-14(9-11)15-16(18(15,19)20)17(21)13-6-4-3-5-7-13/h3-10,15-16H,1-2H3. The van der Waals surface area contributed by atoms with Crippen LogP contribution in [0.1, 0.15) is 33.0 Å². The summed E-state index contributed by atoms with van der Waals surface area (Å²) < 4.78 is 28.3. The fourth-order valence-corrected chi connectivity index (χ4v) is 3.04. The number of Topliss-reactive ketones (excluding diaryl/α,β-unsaturated/α-hetero) is 1. The van der Waals surface area contributed by atoms with Gasteiger partial charge in [-0.1, -0.05) is 59.7 Å². The molecule has 0 radical (unpaired) electrons. The zero-order valence-corrected chi connectivity index (χ0v) is 11.9. The Morgan fingerprint density at radius 1 is 1.00 bits per heavy atom. The maximum absolute atomic E-state index is 14.1. The smallest absolute Gasteiger partial charge is 0.266 e. The maximum Gasteiger partial charge on any atom is 0.266 e. The van der Waals surface area contributed by atoms with Gasteiger partial charge in [-0.15, -0.1) is 0 Å². The summed E-state index contributed by atoms with van der Waals surface area (Å²) in [5.41, 5.74) is 2.80. The lowest BCUT2D eigenvalue weighted by molar-refractivity contribution is 0.0742. The van der Waals surface area contributed by atoms with Crippen molar-refractivity contribution >= 4 is 5.78 Å². The molecule has 0 bridgehead atoms. The van der Waals surface area contributed by atoms with Crippen LogP contribution in [0.2, 0.25) is 0 Å². The van der Waals surface area contributed by atoms with Gasteiger partial charge < -0.3 is 0 Å². The van der Waals surface area contributed by atoms with Gasteiger partial charge in [0.2, 0.25) is 0 Å². The van der Waals surface area contributed by atoms with E-state index in [-0.39, 0.29) is 0 Å². The Kier molecular flexibility index (Phi) is 3.16. The average molecular weight is 286 g/mol. The minimum absolute atomic E-state index is 0.356. The van der Waals surface area contributed by atoms with Gasteiger partial charge in [0, 0.05) is 5.56 Å². The molecule has 1 fully saturated rings. The Labute approximate surface area is 122 Å². The van der Waals surface area contributed by atoms with Crippen molar-refractivity contribution < 1.29 is 13.6 Å². The van der Waals surface area contributed by atoms with Crippen LogP contribution in [0.25, 0.3) is 0 Å². The van der Waals surface area contributed by atoms with Gasteiger partial charge in [-0.25, -0.2) is 8.78 Å². The zero-order chi connectivity index (χ0) is 15.2. The van der Waals surface area contributed by atoms with Crippen LogP contribution in [0.3, 0.4) is 0 Å². The van der Waals surface area contributed by atoms with Crippen LogP contribution < -0.4 is 0 Å². The van der Waals surface area contributed by atoms with E-state index in [1.54, 1.807) is 42.5 Å². The van der Waals surface area contributed by atoms with E-state index in [4.69, 9.17) is 0 Å². The zero-order valence-electron chi connectivity index (χ0n) is 11.9. The first kappa shape index (κ1) is 13.9. The van der Waals surface area contributed by atoms with Crippen LogP contribution in [0, 0.1) is 19.8 Å². The quantitative estimate of drug-likeness (QED) is 0.757. The van der Waals surface area contributed by atoms with E-state index in [0.717, 1.165) is 11.1 Å². The molecule has 108 valence electrons. The molecule has 0 heterocycles. The molecule has 21 heavy (non-hydrogen) atoms. The predicted molar refractivity (Wildman–Crippen MR) is 77.9 cm³/mol. The monoisotopic (exact) mass is 286 g/mol. The highest BCUT2D eigenvalue weighted by Crippen LogP contribution is 2.62. The number of aryl methyl sites for hydroxylation is 2. The molecule has 2 aromatic carbocycles. The number of carbonyl (C=O) groups is 1. The van der Waals surface area contributed by atoms with E-state index in [9.17, 15) is 13.6 Å². The van der Waals surface area contributed by atoms with E-state index in [2.05, 4.69) is 0 Å². The molecule has 3 rings (SSSR count). The number of hydrogen-bond acceptors (Lipinski definition) is 1. The molecule has 2 aromatic rings. The average Bonchev–Trinajstić information content (AvgIpc) is 3.00. The number of ketones is 1. The molecule has 2 atom stereocenters. The molecule has 1 aliphatic rings. The molecule has 3 heteroatoms. The molecule has 0 N–H and O–H groups in total. The van der Waals surface area contributed by atoms with Crippen molar-refractivity contribution in [2.24, 2.45) is 5.92 Å². The number of benzene rings is 2. The van der Waals surface area contributed by atoms with E-state index in [0.29, 0.717) is 11.1 Å². The summed E-state index contributed by atoms with van der Waals surface area (Å²) in [5, 5.41) is 0. The highest BCUT2D eigenvalue weighted by atomic mass is 19.3. The van der Waals surface area contributed by atoms with Crippen LogP contribution >= 0.6 is 0 Å². The SMILES string of the molecule is Cc1cc(C)cc(C2C(C(=O)c3ccccc3)C2(F)F)c1. The summed E-state index contributed by atoms with van der Waals surface area (Å²) in [7, 11) is 0. The van der Waals surface area contributed by atoms with Crippen molar-refractivity contribution in [3.8, 4) is 0 Å². The molecule has 0 spiro atoms. The molecular formula is C18H16F2O. The Morgan fingerprint density at radius 2 is 1.57 bits per heavy atom. The maximum atomic E-state index is 14.1. The fraction of sp³-hybridized carbons (Fsp3) is 0.278. The third-order valence-corrected chi connectivity index (χ3v) is 4.00. The van der Waals surface area contributed by atoms with Gasteiger partial charge in [0.05, 0.1) is 11.8 Å². The summed E-state index contributed by atoms with van der Waals surface area (Å²) in [6, 6.07) is 13.8.